The molecule has 1 amide bonds. The predicted octanol–water partition coefficient (Wildman–Crippen LogP) is 1.90. The summed E-state index contributed by atoms with van der Waals surface area (Å²) in [5.41, 5.74) is 0.474. The second-order valence-electron chi connectivity index (χ2n) is 4.66. The van der Waals surface area contributed by atoms with Gasteiger partial charge >= 0.3 is 0 Å². The topological polar surface area (TPSA) is 65.1 Å². The zero-order chi connectivity index (χ0) is 15.9. The Labute approximate surface area is 137 Å². The highest BCUT2D eigenvalue weighted by molar-refractivity contribution is 9.10. The van der Waals surface area contributed by atoms with Gasteiger partial charge in [-0.15, -0.1) is 0 Å². The summed E-state index contributed by atoms with van der Waals surface area (Å²) in [4.78, 5) is 24.7. The van der Waals surface area contributed by atoms with Gasteiger partial charge < -0.3 is 19.1 Å². The minimum absolute atomic E-state index is 0.0842. The highest BCUT2D eigenvalue weighted by Gasteiger charge is 2.19. The third-order valence-corrected chi connectivity index (χ3v) is 3.76. The molecule has 0 bridgehead atoms. The number of ether oxygens (including phenoxy) is 3. The van der Waals surface area contributed by atoms with E-state index < -0.39 is 0 Å². The third kappa shape index (κ3) is 4.20. The summed E-state index contributed by atoms with van der Waals surface area (Å²) in [6.45, 7) is 4.44. The number of benzene rings is 1. The molecule has 0 atom stereocenters. The fourth-order valence-electron chi connectivity index (χ4n) is 2.10. The predicted molar refractivity (Wildman–Crippen MR) is 83.6 cm³/mol. The first-order valence-electron chi connectivity index (χ1n) is 7.05. The normalized spacial score (nSPS) is 14.5. The Balaban J connectivity index is 2.07. The average Bonchev–Trinajstić information content (AvgIpc) is 2.54. The second-order valence-corrected chi connectivity index (χ2v) is 5.52. The largest absolute Gasteiger partial charge is 0.490 e. The number of rotatable bonds is 6. The maximum atomic E-state index is 12.1. The van der Waals surface area contributed by atoms with Crippen LogP contribution in [0.1, 0.15) is 17.3 Å². The fraction of sp³-hybridized carbons (Fsp3) is 0.467. The lowest BCUT2D eigenvalue weighted by Crippen LogP contribution is -2.43. The van der Waals surface area contributed by atoms with Gasteiger partial charge in [0.1, 0.15) is 6.29 Å². The van der Waals surface area contributed by atoms with Crippen LogP contribution in [-0.2, 0) is 9.53 Å². The van der Waals surface area contributed by atoms with Gasteiger partial charge in [0.25, 0.3) is 5.91 Å². The van der Waals surface area contributed by atoms with Gasteiger partial charge in [-0.25, -0.2) is 0 Å². The molecule has 120 valence electrons. The Morgan fingerprint density at radius 2 is 2.09 bits per heavy atom. The van der Waals surface area contributed by atoms with Crippen LogP contribution >= 0.6 is 15.9 Å². The van der Waals surface area contributed by atoms with Crippen molar-refractivity contribution >= 4 is 28.1 Å². The Hall–Kier alpha value is -1.60. The molecule has 1 heterocycles. The molecular weight excluding hydrogens is 354 g/mol. The zero-order valence-electron chi connectivity index (χ0n) is 12.3. The molecular formula is C15H18BrNO5. The number of nitrogens with zero attached hydrogens (tertiary/aromatic N) is 1. The van der Waals surface area contributed by atoms with Crippen LogP contribution in [0.4, 0.5) is 0 Å². The lowest BCUT2D eigenvalue weighted by Gasteiger charge is -2.27. The Bertz CT molecular complexity index is 543. The molecule has 1 aliphatic rings. The monoisotopic (exact) mass is 371 g/mol. The van der Waals surface area contributed by atoms with E-state index in [0.717, 1.165) is 6.29 Å². The van der Waals surface area contributed by atoms with Gasteiger partial charge in [0.15, 0.2) is 18.1 Å². The summed E-state index contributed by atoms with van der Waals surface area (Å²) >= 11 is 3.35. The second kappa shape index (κ2) is 8.14. The molecule has 22 heavy (non-hydrogen) atoms. The van der Waals surface area contributed by atoms with E-state index in [1.807, 2.05) is 6.92 Å². The van der Waals surface area contributed by atoms with E-state index in [9.17, 15) is 9.59 Å². The van der Waals surface area contributed by atoms with E-state index in [1.165, 1.54) is 0 Å². The van der Waals surface area contributed by atoms with Crippen LogP contribution < -0.4 is 9.47 Å². The molecule has 7 heteroatoms. The van der Waals surface area contributed by atoms with Crippen LogP contribution in [0.2, 0.25) is 0 Å². The van der Waals surface area contributed by atoms with E-state index in [2.05, 4.69) is 15.9 Å². The van der Waals surface area contributed by atoms with Crippen molar-refractivity contribution in [1.82, 2.24) is 4.90 Å². The Morgan fingerprint density at radius 1 is 1.36 bits per heavy atom. The minimum Gasteiger partial charge on any atom is -0.490 e. The van der Waals surface area contributed by atoms with Crippen molar-refractivity contribution < 1.29 is 23.8 Å². The van der Waals surface area contributed by atoms with E-state index in [-0.39, 0.29) is 12.5 Å². The molecule has 0 N–H and O–H groups in total. The average molecular weight is 372 g/mol. The first-order valence-corrected chi connectivity index (χ1v) is 7.84. The van der Waals surface area contributed by atoms with E-state index in [4.69, 9.17) is 14.2 Å². The SMILES string of the molecule is CCOc1cc(C=O)cc(Br)c1OCC(=O)N1CCOCC1. The quantitative estimate of drug-likeness (QED) is 0.714. The Kier molecular flexibility index (Phi) is 6.21. The van der Waals surface area contributed by atoms with E-state index >= 15 is 0 Å². The number of halogens is 1. The summed E-state index contributed by atoms with van der Waals surface area (Å²) in [6, 6.07) is 3.22. The maximum absolute atomic E-state index is 12.1. The van der Waals surface area contributed by atoms with E-state index in [0.29, 0.717) is 54.4 Å². The molecule has 1 fully saturated rings. The summed E-state index contributed by atoms with van der Waals surface area (Å²) in [5.74, 6) is 0.764. The van der Waals surface area contributed by atoms with Crippen LogP contribution in [0.3, 0.4) is 0 Å². The van der Waals surface area contributed by atoms with Crippen LogP contribution in [0.15, 0.2) is 16.6 Å². The molecule has 1 saturated heterocycles. The van der Waals surface area contributed by atoms with Crippen LogP contribution in [0.25, 0.3) is 0 Å². The van der Waals surface area contributed by atoms with Crippen molar-refractivity contribution in [2.75, 3.05) is 39.5 Å². The van der Waals surface area contributed by atoms with Crippen LogP contribution in [0.5, 0.6) is 11.5 Å². The van der Waals surface area contributed by atoms with E-state index in [1.54, 1.807) is 17.0 Å². The van der Waals surface area contributed by atoms with Gasteiger partial charge in [-0.2, -0.15) is 0 Å². The number of amides is 1. The molecule has 0 unspecified atom stereocenters. The van der Waals surface area contributed by atoms with Crippen LogP contribution in [-0.4, -0.2) is 56.6 Å². The van der Waals surface area contributed by atoms with Gasteiger partial charge in [-0.1, -0.05) is 0 Å². The Morgan fingerprint density at radius 3 is 2.73 bits per heavy atom. The number of carbonyl (C=O) groups excluding carboxylic acids is 2. The third-order valence-electron chi connectivity index (χ3n) is 3.17. The first-order chi connectivity index (χ1) is 10.7. The molecule has 6 nitrogen and oxygen atoms in total. The molecule has 0 radical (unpaired) electrons. The lowest BCUT2D eigenvalue weighted by molar-refractivity contribution is -0.137. The number of hydrogen-bond donors (Lipinski definition) is 0. The van der Waals surface area contributed by atoms with Crippen molar-refractivity contribution in [2.45, 2.75) is 6.92 Å². The van der Waals surface area contributed by atoms with Crippen LogP contribution in [0, 0.1) is 0 Å². The van der Waals surface area contributed by atoms with Gasteiger partial charge in [0, 0.05) is 18.7 Å². The lowest BCUT2D eigenvalue weighted by atomic mass is 10.2. The first kappa shape index (κ1) is 16.8. The van der Waals surface area contributed by atoms with Gasteiger partial charge in [-0.3, -0.25) is 9.59 Å². The number of morpholine rings is 1. The molecule has 2 rings (SSSR count). The highest BCUT2D eigenvalue weighted by atomic mass is 79.9. The molecule has 0 aliphatic carbocycles. The smallest absolute Gasteiger partial charge is 0.260 e. The molecule has 1 aliphatic heterocycles. The van der Waals surface area contributed by atoms with Gasteiger partial charge in [-0.05, 0) is 35.0 Å². The number of hydrogen-bond acceptors (Lipinski definition) is 5. The van der Waals surface area contributed by atoms with Crippen molar-refractivity contribution in [3.63, 3.8) is 0 Å². The van der Waals surface area contributed by atoms with Crippen molar-refractivity contribution in [1.29, 1.82) is 0 Å². The summed E-state index contributed by atoms with van der Waals surface area (Å²) in [5, 5.41) is 0. The molecule has 0 spiro atoms. The molecule has 0 saturated carbocycles. The van der Waals surface area contributed by atoms with Gasteiger partial charge in [0.05, 0.1) is 24.3 Å². The van der Waals surface area contributed by atoms with Crippen molar-refractivity contribution in [3.05, 3.63) is 22.2 Å². The zero-order valence-corrected chi connectivity index (χ0v) is 13.9. The molecule has 1 aromatic rings. The summed E-state index contributed by atoms with van der Waals surface area (Å²) in [7, 11) is 0. The van der Waals surface area contributed by atoms with Crippen molar-refractivity contribution in [3.8, 4) is 11.5 Å². The number of carbonyl (C=O) groups is 2. The molecule has 0 aromatic heterocycles. The minimum atomic E-state index is -0.0999. The maximum Gasteiger partial charge on any atom is 0.260 e. The van der Waals surface area contributed by atoms with Gasteiger partial charge in [0.2, 0.25) is 0 Å². The standard InChI is InChI=1S/C15H18BrNO5/c1-2-21-13-8-11(9-18)7-12(16)15(13)22-10-14(19)17-3-5-20-6-4-17/h7-9H,2-6,10H2,1H3. The highest BCUT2D eigenvalue weighted by Crippen LogP contribution is 2.36. The molecule has 1 aromatic carbocycles. The van der Waals surface area contributed by atoms with Crippen molar-refractivity contribution in [2.24, 2.45) is 0 Å². The summed E-state index contributed by atoms with van der Waals surface area (Å²) in [6.07, 6.45) is 0.732. The summed E-state index contributed by atoms with van der Waals surface area (Å²) < 4.78 is 16.9. The number of aldehydes is 1. The fourth-order valence-corrected chi connectivity index (χ4v) is 2.67.